The topological polar surface area (TPSA) is 17.1 Å². The Kier molecular flexibility index (Phi) is 2.90. The Labute approximate surface area is 91.5 Å². The predicted octanol–water partition coefficient (Wildman–Crippen LogP) is 3.22. The van der Waals surface area contributed by atoms with Crippen LogP contribution in [0.25, 0.3) is 0 Å². The maximum atomic E-state index is 11.6. The van der Waals surface area contributed by atoms with E-state index in [2.05, 4.69) is 32.0 Å². The maximum absolute atomic E-state index is 11.6. The summed E-state index contributed by atoms with van der Waals surface area (Å²) in [6, 6.07) is 6.37. The van der Waals surface area contributed by atoms with Gasteiger partial charge in [0.25, 0.3) is 0 Å². The van der Waals surface area contributed by atoms with Crippen molar-refractivity contribution in [1.82, 2.24) is 0 Å². The van der Waals surface area contributed by atoms with Gasteiger partial charge in [-0.2, -0.15) is 0 Å². The fraction of sp³-hybridized carbons (Fsp3) is 0.500. The molecule has 0 bridgehead atoms. The Balaban J connectivity index is 2.20. The molecule has 0 aromatic heterocycles. The van der Waals surface area contributed by atoms with Crippen LogP contribution in [0.3, 0.4) is 0 Å². The van der Waals surface area contributed by atoms with Gasteiger partial charge in [0, 0.05) is 12.3 Å². The molecule has 0 N–H and O–H groups in total. The molecule has 1 saturated carbocycles. The monoisotopic (exact) mass is 202 g/mol. The fourth-order valence-corrected chi connectivity index (χ4v) is 2.52. The van der Waals surface area contributed by atoms with E-state index < -0.39 is 0 Å². The lowest BCUT2D eigenvalue weighted by molar-refractivity contribution is -0.120. The van der Waals surface area contributed by atoms with Crippen LogP contribution in [-0.4, -0.2) is 5.78 Å². The Bertz CT molecular complexity index is 359. The molecule has 1 aromatic carbocycles. The normalized spacial score (nSPS) is 20.9. The third-order valence-electron chi connectivity index (χ3n) is 3.53. The second-order valence-electron chi connectivity index (χ2n) is 4.63. The highest BCUT2D eigenvalue weighted by molar-refractivity contribution is 5.83. The predicted molar refractivity (Wildman–Crippen MR) is 62.0 cm³/mol. The zero-order valence-corrected chi connectivity index (χ0v) is 9.55. The minimum Gasteiger partial charge on any atom is -0.299 e. The summed E-state index contributed by atoms with van der Waals surface area (Å²) in [4.78, 5) is 11.6. The van der Waals surface area contributed by atoms with Gasteiger partial charge >= 0.3 is 0 Å². The van der Waals surface area contributed by atoms with E-state index >= 15 is 0 Å². The van der Waals surface area contributed by atoms with Crippen LogP contribution in [0.1, 0.15) is 36.0 Å². The highest BCUT2D eigenvalue weighted by Gasteiger charge is 2.25. The molecular formula is C14H18O. The van der Waals surface area contributed by atoms with Crippen LogP contribution < -0.4 is 0 Å². The number of ketones is 1. The van der Waals surface area contributed by atoms with E-state index in [4.69, 9.17) is 0 Å². The number of carbonyl (C=O) groups excluding carboxylic acids is 1. The zero-order valence-electron chi connectivity index (χ0n) is 9.55. The summed E-state index contributed by atoms with van der Waals surface area (Å²) < 4.78 is 0. The van der Waals surface area contributed by atoms with E-state index in [0.29, 0.717) is 11.7 Å². The molecule has 15 heavy (non-hydrogen) atoms. The van der Waals surface area contributed by atoms with Crippen LogP contribution in [0, 0.1) is 19.8 Å². The van der Waals surface area contributed by atoms with Gasteiger partial charge in [-0.15, -0.1) is 0 Å². The van der Waals surface area contributed by atoms with Crippen molar-refractivity contribution in [3.05, 3.63) is 34.9 Å². The molecule has 1 aliphatic rings. The molecule has 1 heteroatoms. The van der Waals surface area contributed by atoms with Crippen molar-refractivity contribution < 1.29 is 4.79 Å². The number of aryl methyl sites for hydroxylation is 2. The second-order valence-corrected chi connectivity index (χ2v) is 4.63. The standard InChI is InChI=1S/C14H18O/c1-10-5-3-6-11(2)13(10)9-12-7-4-8-14(12)15/h3,5-6,12H,4,7-9H2,1-2H3. The molecule has 0 spiro atoms. The minimum atomic E-state index is 0.296. The number of hydrogen-bond acceptors (Lipinski definition) is 1. The molecule has 0 radical (unpaired) electrons. The SMILES string of the molecule is Cc1cccc(C)c1CC1CCCC1=O. The molecule has 2 rings (SSSR count). The Morgan fingerprint density at radius 1 is 1.27 bits per heavy atom. The van der Waals surface area contributed by atoms with Crippen molar-refractivity contribution >= 4 is 5.78 Å². The van der Waals surface area contributed by atoms with Crippen LogP contribution in [0.2, 0.25) is 0 Å². The van der Waals surface area contributed by atoms with E-state index in [-0.39, 0.29) is 0 Å². The first-order valence-corrected chi connectivity index (χ1v) is 5.76. The van der Waals surface area contributed by atoms with Crippen molar-refractivity contribution in [3.63, 3.8) is 0 Å². The van der Waals surface area contributed by atoms with Crippen molar-refractivity contribution in [2.45, 2.75) is 39.5 Å². The number of hydrogen-bond donors (Lipinski definition) is 0. The first kappa shape index (κ1) is 10.4. The largest absolute Gasteiger partial charge is 0.299 e. The van der Waals surface area contributed by atoms with E-state index in [0.717, 1.165) is 25.7 Å². The van der Waals surface area contributed by atoms with Crippen molar-refractivity contribution in [1.29, 1.82) is 0 Å². The van der Waals surface area contributed by atoms with Gasteiger partial charge in [0.2, 0.25) is 0 Å². The van der Waals surface area contributed by atoms with E-state index in [1.54, 1.807) is 0 Å². The first-order valence-electron chi connectivity index (χ1n) is 5.76. The van der Waals surface area contributed by atoms with Crippen molar-refractivity contribution in [2.24, 2.45) is 5.92 Å². The lowest BCUT2D eigenvalue weighted by Crippen LogP contribution is -2.11. The third kappa shape index (κ3) is 2.11. The number of rotatable bonds is 2. The van der Waals surface area contributed by atoms with Gasteiger partial charge in [0.15, 0.2) is 0 Å². The summed E-state index contributed by atoms with van der Waals surface area (Å²) in [5.74, 6) is 0.766. The van der Waals surface area contributed by atoms with Crippen LogP contribution in [0.4, 0.5) is 0 Å². The van der Waals surface area contributed by atoms with Crippen LogP contribution >= 0.6 is 0 Å². The second kappa shape index (κ2) is 4.18. The zero-order chi connectivity index (χ0) is 10.8. The van der Waals surface area contributed by atoms with Gasteiger partial charge in [-0.1, -0.05) is 18.2 Å². The van der Waals surface area contributed by atoms with Crippen LogP contribution in [0.15, 0.2) is 18.2 Å². The smallest absolute Gasteiger partial charge is 0.136 e. The molecule has 80 valence electrons. The number of carbonyl (C=O) groups is 1. The highest BCUT2D eigenvalue weighted by Crippen LogP contribution is 2.27. The molecule has 1 nitrogen and oxygen atoms in total. The molecule has 0 heterocycles. The van der Waals surface area contributed by atoms with E-state index in [1.807, 2.05) is 0 Å². The highest BCUT2D eigenvalue weighted by atomic mass is 16.1. The molecule has 1 aliphatic carbocycles. The van der Waals surface area contributed by atoms with E-state index in [9.17, 15) is 4.79 Å². The Morgan fingerprint density at radius 2 is 1.93 bits per heavy atom. The van der Waals surface area contributed by atoms with Gasteiger partial charge in [-0.25, -0.2) is 0 Å². The Morgan fingerprint density at radius 3 is 2.47 bits per heavy atom. The summed E-state index contributed by atoms with van der Waals surface area (Å²) in [5.41, 5.74) is 4.04. The average molecular weight is 202 g/mol. The average Bonchev–Trinajstić information content (AvgIpc) is 2.58. The lowest BCUT2D eigenvalue weighted by atomic mass is 9.91. The summed E-state index contributed by atoms with van der Waals surface area (Å²) in [6.07, 6.45) is 3.94. The Hall–Kier alpha value is -1.11. The molecule has 0 saturated heterocycles. The molecule has 1 aromatic rings. The number of benzene rings is 1. The molecule has 1 fully saturated rings. The maximum Gasteiger partial charge on any atom is 0.136 e. The summed E-state index contributed by atoms with van der Waals surface area (Å²) in [6.45, 7) is 4.28. The van der Waals surface area contributed by atoms with Gasteiger partial charge < -0.3 is 0 Å². The molecule has 0 amide bonds. The fourth-order valence-electron chi connectivity index (χ4n) is 2.52. The van der Waals surface area contributed by atoms with Gasteiger partial charge in [-0.3, -0.25) is 4.79 Å². The van der Waals surface area contributed by atoms with E-state index in [1.165, 1.54) is 16.7 Å². The minimum absolute atomic E-state index is 0.296. The molecule has 1 unspecified atom stereocenters. The van der Waals surface area contributed by atoms with Gasteiger partial charge in [-0.05, 0) is 49.8 Å². The summed E-state index contributed by atoms with van der Waals surface area (Å²) in [7, 11) is 0. The third-order valence-corrected chi connectivity index (χ3v) is 3.53. The molecule has 1 atom stereocenters. The summed E-state index contributed by atoms with van der Waals surface area (Å²) in [5, 5.41) is 0. The quantitative estimate of drug-likeness (QED) is 0.719. The van der Waals surface area contributed by atoms with Crippen molar-refractivity contribution in [3.8, 4) is 0 Å². The van der Waals surface area contributed by atoms with Crippen molar-refractivity contribution in [2.75, 3.05) is 0 Å². The number of Topliss-reactive ketones (excluding diaryl/α,β-unsaturated/α-hetero) is 1. The van der Waals surface area contributed by atoms with Gasteiger partial charge in [0.05, 0.1) is 0 Å². The van der Waals surface area contributed by atoms with Crippen LogP contribution in [0.5, 0.6) is 0 Å². The molecule has 0 aliphatic heterocycles. The molecular weight excluding hydrogens is 184 g/mol. The lowest BCUT2D eigenvalue weighted by Gasteiger charge is -2.13. The van der Waals surface area contributed by atoms with Crippen LogP contribution in [-0.2, 0) is 11.2 Å². The van der Waals surface area contributed by atoms with Gasteiger partial charge in [0.1, 0.15) is 5.78 Å². The summed E-state index contributed by atoms with van der Waals surface area (Å²) >= 11 is 0. The first-order chi connectivity index (χ1) is 7.18.